The van der Waals surface area contributed by atoms with Crippen molar-refractivity contribution in [2.24, 2.45) is 0 Å². The molecule has 0 aliphatic carbocycles. The fourth-order valence-electron chi connectivity index (χ4n) is 4.40. The maximum absolute atomic E-state index is 13.5. The molecule has 2 aromatic heterocycles. The molecule has 0 bridgehead atoms. The highest BCUT2D eigenvalue weighted by Crippen LogP contribution is 2.38. The summed E-state index contributed by atoms with van der Waals surface area (Å²) in [7, 11) is 0. The van der Waals surface area contributed by atoms with E-state index in [0.717, 1.165) is 40.4 Å². The molecule has 1 fully saturated rings. The minimum Gasteiger partial charge on any atom is -0.443 e. The van der Waals surface area contributed by atoms with Crippen LogP contribution in [0.4, 0.5) is 22.0 Å². The SMILES string of the molecule is CC(C)(C)OC(=O)N1Cc2c(-c3ccncc3)ccc(Nc3ccc(N4CCOCC4)cn3)c2C1=O. The third kappa shape index (κ3) is 4.87. The number of imide groups is 1. The van der Waals surface area contributed by atoms with Crippen molar-refractivity contribution < 1.29 is 19.1 Å². The number of nitrogens with one attached hydrogen (secondary N) is 1. The molecular weight excluding hydrogens is 458 g/mol. The van der Waals surface area contributed by atoms with Gasteiger partial charge in [-0.2, -0.15) is 0 Å². The Kier molecular flexibility index (Phi) is 6.32. The first kappa shape index (κ1) is 23.7. The predicted molar refractivity (Wildman–Crippen MR) is 136 cm³/mol. The number of morpholine rings is 1. The van der Waals surface area contributed by atoms with Gasteiger partial charge in [-0.25, -0.2) is 14.7 Å². The van der Waals surface area contributed by atoms with E-state index in [4.69, 9.17) is 9.47 Å². The highest BCUT2D eigenvalue weighted by molar-refractivity contribution is 6.11. The number of nitrogens with zero attached hydrogens (tertiary/aromatic N) is 4. The van der Waals surface area contributed by atoms with Crippen LogP contribution < -0.4 is 10.2 Å². The minimum absolute atomic E-state index is 0.125. The molecule has 0 spiro atoms. The fraction of sp³-hybridized carbons (Fsp3) is 0.333. The van der Waals surface area contributed by atoms with Gasteiger partial charge in [-0.1, -0.05) is 6.07 Å². The highest BCUT2D eigenvalue weighted by atomic mass is 16.6. The van der Waals surface area contributed by atoms with Gasteiger partial charge in [0.25, 0.3) is 5.91 Å². The Hall–Kier alpha value is -3.98. The molecule has 0 atom stereocenters. The lowest BCUT2D eigenvalue weighted by Crippen LogP contribution is -2.37. The van der Waals surface area contributed by atoms with Crippen molar-refractivity contribution in [3.05, 3.63) is 66.1 Å². The second kappa shape index (κ2) is 9.58. The minimum atomic E-state index is -0.715. The topological polar surface area (TPSA) is 96.9 Å². The van der Waals surface area contributed by atoms with Crippen LogP contribution in [0.15, 0.2) is 55.0 Å². The van der Waals surface area contributed by atoms with Gasteiger partial charge >= 0.3 is 6.09 Å². The van der Waals surface area contributed by atoms with E-state index < -0.39 is 17.6 Å². The lowest BCUT2D eigenvalue weighted by atomic mass is 9.96. The van der Waals surface area contributed by atoms with Crippen molar-refractivity contribution >= 4 is 29.2 Å². The number of amides is 2. The molecule has 9 heteroatoms. The number of carbonyl (C=O) groups is 2. The number of benzene rings is 1. The molecule has 4 heterocycles. The summed E-state index contributed by atoms with van der Waals surface area (Å²) in [5.74, 6) is 0.206. The number of carbonyl (C=O) groups excluding carboxylic acids is 2. The van der Waals surface area contributed by atoms with Gasteiger partial charge < -0.3 is 19.7 Å². The number of ether oxygens (including phenoxy) is 2. The van der Waals surface area contributed by atoms with Gasteiger partial charge in [-0.15, -0.1) is 0 Å². The lowest BCUT2D eigenvalue weighted by molar-refractivity contribution is 0.0248. The first-order chi connectivity index (χ1) is 17.3. The van der Waals surface area contributed by atoms with E-state index in [1.807, 2.05) is 42.6 Å². The second-order valence-corrected chi connectivity index (χ2v) is 9.75. The molecule has 2 aliphatic rings. The monoisotopic (exact) mass is 487 g/mol. The number of hydrogen-bond donors (Lipinski definition) is 1. The Balaban J connectivity index is 1.47. The largest absolute Gasteiger partial charge is 0.443 e. The molecule has 9 nitrogen and oxygen atoms in total. The Morgan fingerprint density at radius 2 is 1.81 bits per heavy atom. The van der Waals surface area contributed by atoms with Crippen molar-refractivity contribution in [3.63, 3.8) is 0 Å². The van der Waals surface area contributed by atoms with E-state index >= 15 is 0 Å². The van der Waals surface area contributed by atoms with Crippen LogP contribution in [0.2, 0.25) is 0 Å². The third-order valence-electron chi connectivity index (χ3n) is 6.08. The van der Waals surface area contributed by atoms with E-state index in [9.17, 15) is 9.59 Å². The molecule has 0 saturated carbocycles. The van der Waals surface area contributed by atoms with Gasteiger partial charge in [-0.3, -0.25) is 9.78 Å². The Labute approximate surface area is 210 Å². The van der Waals surface area contributed by atoms with Crippen LogP contribution in [0.5, 0.6) is 0 Å². The summed E-state index contributed by atoms with van der Waals surface area (Å²) >= 11 is 0. The van der Waals surface area contributed by atoms with E-state index in [2.05, 4.69) is 20.2 Å². The van der Waals surface area contributed by atoms with E-state index in [-0.39, 0.29) is 6.54 Å². The van der Waals surface area contributed by atoms with Crippen LogP contribution in [-0.2, 0) is 16.0 Å². The Bertz CT molecular complexity index is 1270. The molecule has 0 radical (unpaired) electrons. The number of rotatable bonds is 4. The summed E-state index contributed by atoms with van der Waals surface area (Å²) in [5.41, 5.74) is 3.88. The quantitative estimate of drug-likeness (QED) is 0.570. The van der Waals surface area contributed by atoms with Crippen LogP contribution in [0.3, 0.4) is 0 Å². The summed E-state index contributed by atoms with van der Waals surface area (Å²) in [4.78, 5) is 38.4. The van der Waals surface area contributed by atoms with Crippen molar-refractivity contribution in [1.82, 2.24) is 14.9 Å². The van der Waals surface area contributed by atoms with Gasteiger partial charge in [0.05, 0.1) is 42.9 Å². The van der Waals surface area contributed by atoms with E-state index in [1.54, 1.807) is 33.2 Å². The maximum atomic E-state index is 13.5. The molecule has 2 amide bonds. The second-order valence-electron chi connectivity index (χ2n) is 9.75. The molecule has 1 saturated heterocycles. The average Bonchev–Trinajstić information content (AvgIpc) is 3.22. The zero-order chi connectivity index (χ0) is 25.3. The zero-order valence-corrected chi connectivity index (χ0v) is 20.7. The number of hydrogen-bond acceptors (Lipinski definition) is 8. The predicted octanol–water partition coefficient (Wildman–Crippen LogP) is 4.61. The first-order valence-corrected chi connectivity index (χ1v) is 12.0. The normalized spacial score (nSPS) is 15.6. The standard InChI is InChI=1S/C27H29N5O4/c1-27(2,3)36-26(34)32-17-21-20(18-8-10-28-11-9-18)5-6-22(24(21)25(32)33)30-23-7-4-19(16-29-23)31-12-14-35-15-13-31/h4-11,16H,12-15,17H2,1-3H3,(H,29,30). The van der Waals surface area contributed by atoms with Gasteiger partial charge in [0.2, 0.25) is 0 Å². The van der Waals surface area contributed by atoms with Gasteiger partial charge in [0.1, 0.15) is 11.4 Å². The summed E-state index contributed by atoms with van der Waals surface area (Å²) in [5, 5.41) is 3.28. The molecule has 186 valence electrons. The molecule has 0 unspecified atom stereocenters. The Morgan fingerprint density at radius 3 is 2.47 bits per heavy atom. The number of aromatic nitrogens is 2. The Morgan fingerprint density at radius 1 is 1.06 bits per heavy atom. The molecule has 5 rings (SSSR count). The van der Waals surface area contributed by atoms with Crippen LogP contribution in [0, 0.1) is 0 Å². The molecule has 2 aliphatic heterocycles. The number of anilines is 3. The van der Waals surface area contributed by atoms with Crippen molar-refractivity contribution in [3.8, 4) is 11.1 Å². The average molecular weight is 488 g/mol. The highest BCUT2D eigenvalue weighted by Gasteiger charge is 2.38. The number of fused-ring (bicyclic) bond motifs is 1. The third-order valence-corrected chi connectivity index (χ3v) is 6.08. The molecule has 3 aromatic rings. The fourth-order valence-corrected chi connectivity index (χ4v) is 4.40. The number of pyridine rings is 2. The van der Waals surface area contributed by atoms with E-state index in [1.165, 1.54) is 0 Å². The van der Waals surface area contributed by atoms with Crippen molar-refractivity contribution in [2.45, 2.75) is 32.9 Å². The summed E-state index contributed by atoms with van der Waals surface area (Å²) in [6.45, 7) is 8.51. The van der Waals surface area contributed by atoms with Crippen LogP contribution in [-0.4, -0.2) is 58.8 Å². The lowest BCUT2D eigenvalue weighted by Gasteiger charge is -2.28. The van der Waals surface area contributed by atoms with Crippen LogP contribution in [0.1, 0.15) is 36.7 Å². The van der Waals surface area contributed by atoms with Gasteiger partial charge in [-0.05, 0) is 67.8 Å². The van der Waals surface area contributed by atoms with Crippen molar-refractivity contribution in [1.29, 1.82) is 0 Å². The van der Waals surface area contributed by atoms with Crippen LogP contribution in [0.25, 0.3) is 11.1 Å². The van der Waals surface area contributed by atoms with Gasteiger partial charge in [0, 0.05) is 25.5 Å². The smallest absolute Gasteiger partial charge is 0.417 e. The first-order valence-electron chi connectivity index (χ1n) is 12.0. The molecule has 36 heavy (non-hydrogen) atoms. The maximum Gasteiger partial charge on any atom is 0.417 e. The van der Waals surface area contributed by atoms with E-state index in [0.29, 0.717) is 30.3 Å². The zero-order valence-electron chi connectivity index (χ0n) is 20.7. The molecular formula is C27H29N5O4. The van der Waals surface area contributed by atoms with Gasteiger partial charge in [0.15, 0.2) is 0 Å². The van der Waals surface area contributed by atoms with Crippen molar-refractivity contribution in [2.75, 3.05) is 36.5 Å². The summed E-state index contributed by atoms with van der Waals surface area (Å²) < 4.78 is 10.9. The summed E-state index contributed by atoms with van der Waals surface area (Å²) in [6, 6.07) is 11.5. The van der Waals surface area contributed by atoms with Crippen LogP contribution >= 0.6 is 0 Å². The summed E-state index contributed by atoms with van der Waals surface area (Å²) in [6.07, 6.45) is 4.56. The molecule has 1 N–H and O–H groups in total. The molecule has 1 aromatic carbocycles.